The zero-order valence-electron chi connectivity index (χ0n) is 15.6. The van der Waals surface area contributed by atoms with Crippen LogP contribution in [0.5, 0.6) is 0 Å². The van der Waals surface area contributed by atoms with Crippen LogP contribution in [0, 0.1) is 11.3 Å². The highest BCUT2D eigenvalue weighted by Crippen LogP contribution is 2.25. The lowest BCUT2D eigenvalue weighted by molar-refractivity contribution is -0.139. The van der Waals surface area contributed by atoms with Crippen LogP contribution in [0.25, 0.3) is 0 Å². The number of methoxy groups -OCH3 is 1. The highest BCUT2D eigenvalue weighted by molar-refractivity contribution is 5.83. The Morgan fingerprint density at radius 1 is 1.26 bits per heavy atom. The molecule has 27 heavy (non-hydrogen) atoms. The summed E-state index contributed by atoms with van der Waals surface area (Å²) in [4.78, 5) is 25.2. The molecule has 2 atom stereocenters. The van der Waals surface area contributed by atoms with E-state index in [0.717, 1.165) is 32.5 Å². The van der Waals surface area contributed by atoms with Crippen LogP contribution < -0.4 is 10.6 Å². The largest absolute Gasteiger partial charge is 0.383 e. The van der Waals surface area contributed by atoms with Crippen LogP contribution in [0.2, 0.25) is 0 Å². The number of hydrogen-bond acceptors (Lipinski definition) is 8. The molecule has 2 fully saturated rings. The Hall–Kier alpha value is -2.28. The van der Waals surface area contributed by atoms with E-state index in [0.29, 0.717) is 31.1 Å². The number of carbonyl (C=O) groups excluding carboxylic acids is 1. The minimum Gasteiger partial charge on any atom is -0.383 e. The highest BCUT2D eigenvalue weighted by Gasteiger charge is 2.38. The van der Waals surface area contributed by atoms with Gasteiger partial charge in [0.2, 0.25) is 5.95 Å². The Morgan fingerprint density at radius 3 is 2.59 bits per heavy atom. The predicted octanol–water partition coefficient (Wildman–Crippen LogP) is -0.0917. The standard InChI is InChI=1S/C18H26N6O3/c1-26-11-14(20)12-27-16-4-7-24(17(16)25)15-2-5-23(6-3-15)18-21-9-13(8-19)10-22-18/h9-10,14-16H,2-7,11-12,20H2,1H3/t14-,16?/m0/s1. The Kier molecular flexibility index (Phi) is 6.55. The summed E-state index contributed by atoms with van der Waals surface area (Å²) in [7, 11) is 1.59. The van der Waals surface area contributed by atoms with E-state index in [1.807, 2.05) is 11.0 Å². The summed E-state index contributed by atoms with van der Waals surface area (Å²) in [6.45, 7) is 3.03. The minimum atomic E-state index is -0.396. The molecule has 1 unspecified atom stereocenters. The van der Waals surface area contributed by atoms with Gasteiger partial charge >= 0.3 is 0 Å². The molecule has 9 heteroatoms. The lowest BCUT2D eigenvalue weighted by Crippen LogP contribution is -2.47. The first-order chi connectivity index (χ1) is 13.1. The number of ether oxygens (including phenoxy) is 2. The predicted molar refractivity (Wildman–Crippen MR) is 97.9 cm³/mol. The lowest BCUT2D eigenvalue weighted by atomic mass is 10.0. The number of hydrogen-bond donors (Lipinski definition) is 1. The van der Waals surface area contributed by atoms with Crippen LogP contribution in [-0.4, -0.2) is 78.9 Å². The van der Waals surface area contributed by atoms with Crippen molar-refractivity contribution in [3.05, 3.63) is 18.0 Å². The van der Waals surface area contributed by atoms with E-state index < -0.39 is 6.10 Å². The summed E-state index contributed by atoms with van der Waals surface area (Å²) < 4.78 is 10.7. The van der Waals surface area contributed by atoms with E-state index in [1.165, 1.54) is 12.4 Å². The molecule has 0 radical (unpaired) electrons. The molecule has 2 aliphatic rings. The second kappa shape index (κ2) is 9.08. The van der Waals surface area contributed by atoms with Crippen molar-refractivity contribution in [2.75, 3.05) is 44.9 Å². The molecule has 2 aliphatic heterocycles. The van der Waals surface area contributed by atoms with Gasteiger partial charge in [-0.1, -0.05) is 0 Å². The quantitative estimate of drug-likeness (QED) is 0.703. The molecule has 0 saturated carbocycles. The maximum Gasteiger partial charge on any atom is 0.252 e. The molecular weight excluding hydrogens is 348 g/mol. The summed E-state index contributed by atoms with van der Waals surface area (Å²) in [5.74, 6) is 0.696. The van der Waals surface area contributed by atoms with Gasteiger partial charge in [0.25, 0.3) is 5.91 Å². The number of likely N-dealkylation sites (tertiary alicyclic amines) is 1. The first-order valence-corrected chi connectivity index (χ1v) is 9.26. The number of piperidine rings is 1. The Bertz CT molecular complexity index is 669. The normalized spacial score (nSPS) is 22.1. The fraction of sp³-hybridized carbons (Fsp3) is 0.667. The molecule has 3 heterocycles. The highest BCUT2D eigenvalue weighted by atomic mass is 16.5. The van der Waals surface area contributed by atoms with Gasteiger partial charge in [0.1, 0.15) is 12.2 Å². The van der Waals surface area contributed by atoms with E-state index in [-0.39, 0.29) is 18.0 Å². The number of nitriles is 1. The van der Waals surface area contributed by atoms with Gasteiger partial charge in [0.05, 0.1) is 37.2 Å². The fourth-order valence-electron chi connectivity index (χ4n) is 3.61. The average Bonchev–Trinajstić information content (AvgIpc) is 3.07. The molecule has 0 aromatic carbocycles. The first-order valence-electron chi connectivity index (χ1n) is 9.26. The average molecular weight is 374 g/mol. The van der Waals surface area contributed by atoms with Crippen molar-refractivity contribution in [1.29, 1.82) is 5.26 Å². The molecule has 2 N–H and O–H groups in total. The lowest BCUT2D eigenvalue weighted by Gasteiger charge is -2.36. The Balaban J connectivity index is 1.48. The molecule has 1 amide bonds. The molecule has 1 aromatic heterocycles. The third-order valence-electron chi connectivity index (χ3n) is 5.04. The maximum atomic E-state index is 12.7. The Labute approximate surface area is 159 Å². The maximum absolute atomic E-state index is 12.7. The van der Waals surface area contributed by atoms with Gasteiger partial charge in [-0.15, -0.1) is 0 Å². The summed E-state index contributed by atoms with van der Waals surface area (Å²) in [6.07, 6.45) is 5.12. The van der Waals surface area contributed by atoms with E-state index in [1.54, 1.807) is 7.11 Å². The molecule has 0 aliphatic carbocycles. The first kappa shape index (κ1) is 19.5. The van der Waals surface area contributed by atoms with E-state index in [4.69, 9.17) is 20.5 Å². The topological polar surface area (TPSA) is 118 Å². The van der Waals surface area contributed by atoms with Crippen LogP contribution in [0.15, 0.2) is 12.4 Å². The number of rotatable bonds is 7. The fourth-order valence-corrected chi connectivity index (χ4v) is 3.61. The van der Waals surface area contributed by atoms with Crippen molar-refractivity contribution in [2.24, 2.45) is 5.73 Å². The molecule has 9 nitrogen and oxygen atoms in total. The molecule has 2 saturated heterocycles. The number of amides is 1. The van der Waals surface area contributed by atoms with Crippen LogP contribution in [0.1, 0.15) is 24.8 Å². The van der Waals surface area contributed by atoms with Crippen LogP contribution >= 0.6 is 0 Å². The number of carbonyl (C=O) groups is 1. The third kappa shape index (κ3) is 4.71. The van der Waals surface area contributed by atoms with Gasteiger partial charge in [0.15, 0.2) is 0 Å². The monoisotopic (exact) mass is 374 g/mol. The van der Waals surface area contributed by atoms with E-state index in [2.05, 4.69) is 14.9 Å². The Morgan fingerprint density at radius 2 is 1.96 bits per heavy atom. The van der Waals surface area contributed by atoms with Crippen molar-refractivity contribution in [2.45, 2.75) is 37.5 Å². The molecular formula is C18H26N6O3. The van der Waals surface area contributed by atoms with Gasteiger partial charge < -0.3 is 25.0 Å². The van der Waals surface area contributed by atoms with E-state index >= 15 is 0 Å². The minimum absolute atomic E-state index is 0.0627. The van der Waals surface area contributed by atoms with Crippen LogP contribution in [-0.2, 0) is 14.3 Å². The second-order valence-electron chi connectivity index (χ2n) is 6.96. The zero-order chi connectivity index (χ0) is 19.2. The number of aromatic nitrogens is 2. The molecule has 1 aromatic rings. The van der Waals surface area contributed by atoms with Gasteiger partial charge in [-0.05, 0) is 12.8 Å². The molecule has 0 spiro atoms. The molecule has 0 bridgehead atoms. The molecule has 3 rings (SSSR count). The van der Waals surface area contributed by atoms with Crippen LogP contribution in [0.3, 0.4) is 0 Å². The van der Waals surface area contributed by atoms with Gasteiger partial charge in [-0.3, -0.25) is 4.79 Å². The SMILES string of the molecule is COC[C@H](N)COC1CCN(C2CCN(c3ncc(C#N)cn3)CC2)C1=O. The number of anilines is 1. The van der Waals surface area contributed by atoms with Crippen molar-refractivity contribution >= 4 is 11.9 Å². The van der Waals surface area contributed by atoms with Gasteiger partial charge in [-0.25, -0.2) is 9.97 Å². The number of nitrogens with two attached hydrogens (primary N) is 1. The summed E-state index contributed by atoms with van der Waals surface area (Å²) >= 11 is 0. The van der Waals surface area contributed by atoms with Crippen molar-refractivity contribution < 1.29 is 14.3 Å². The summed E-state index contributed by atoms with van der Waals surface area (Å²) in [5, 5.41) is 8.83. The van der Waals surface area contributed by atoms with Gasteiger partial charge in [0, 0.05) is 39.2 Å². The van der Waals surface area contributed by atoms with Gasteiger partial charge in [-0.2, -0.15) is 5.26 Å². The summed E-state index contributed by atoms with van der Waals surface area (Å²) in [6, 6.07) is 2.02. The van der Waals surface area contributed by atoms with Crippen molar-refractivity contribution in [3.8, 4) is 6.07 Å². The van der Waals surface area contributed by atoms with E-state index in [9.17, 15) is 4.79 Å². The zero-order valence-corrected chi connectivity index (χ0v) is 15.6. The van der Waals surface area contributed by atoms with Crippen LogP contribution in [0.4, 0.5) is 5.95 Å². The molecule has 146 valence electrons. The smallest absolute Gasteiger partial charge is 0.252 e. The summed E-state index contributed by atoms with van der Waals surface area (Å²) in [5.41, 5.74) is 6.32. The third-order valence-corrected chi connectivity index (χ3v) is 5.04. The second-order valence-corrected chi connectivity index (χ2v) is 6.96. The van der Waals surface area contributed by atoms with Crippen molar-refractivity contribution in [3.63, 3.8) is 0 Å². The number of nitrogens with zero attached hydrogens (tertiary/aromatic N) is 5. The van der Waals surface area contributed by atoms with Crippen molar-refractivity contribution in [1.82, 2.24) is 14.9 Å².